The molecule has 8 heteroatoms. The predicted octanol–water partition coefficient (Wildman–Crippen LogP) is 22.2. The maximum absolute atomic E-state index is 6.95. The SMILES string of the molecule is CC(C)c1cc2ccc(N3c4ccccc4N(c4ccncc4)c4cc5c(cc43)oc3cc4ccccc4cc35)c3c(C(C)C)cc4ccc(N5c6ccccc6N(c6ccncc6)c6cc7c(cc65)oc5cc6ccccc6cc57)c1c4c23. The summed E-state index contributed by atoms with van der Waals surface area (Å²) in [6.07, 6.45) is 7.54. The van der Waals surface area contributed by atoms with E-state index in [1.54, 1.807) is 0 Å². The third-order valence-electron chi connectivity index (χ3n) is 18.0. The van der Waals surface area contributed by atoms with Crippen molar-refractivity contribution >= 4 is 166 Å². The first-order chi connectivity index (χ1) is 41.3. The Balaban J connectivity index is 0.927. The minimum atomic E-state index is 0.186. The summed E-state index contributed by atoms with van der Waals surface area (Å²) in [5.41, 5.74) is 18.7. The maximum Gasteiger partial charge on any atom is 0.137 e. The summed E-state index contributed by atoms with van der Waals surface area (Å²) in [5.74, 6) is 0.372. The number of anilines is 12. The molecule has 18 rings (SSSR count). The van der Waals surface area contributed by atoms with E-state index < -0.39 is 0 Å². The second-order valence-electron chi connectivity index (χ2n) is 23.4. The quantitative estimate of drug-likeness (QED) is 0.153. The Morgan fingerprint density at radius 1 is 0.274 bits per heavy atom. The Morgan fingerprint density at radius 2 is 0.607 bits per heavy atom. The van der Waals surface area contributed by atoms with E-state index in [0.717, 1.165) is 123 Å². The molecular formula is C76H52N6O2. The first kappa shape index (κ1) is 47.0. The summed E-state index contributed by atoms with van der Waals surface area (Å²) in [5, 5.41) is 16.4. The molecule has 2 aliphatic heterocycles. The van der Waals surface area contributed by atoms with Crippen LogP contribution >= 0.6 is 0 Å². The number of furan rings is 2. The molecule has 0 saturated heterocycles. The lowest BCUT2D eigenvalue weighted by atomic mass is 9.82. The predicted molar refractivity (Wildman–Crippen MR) is 349 cm³/mol. The third-order valence-corrected chi connectivity index (χ3v) is 18.0. The Labute approximate surface area is 483 Å². The Bertz CT molecular complexity index is 5100. The van der Waals surface area contributed by atoms with E-state index in [1.807, 2.05) is 24.8 Å². The van der Waals surface area contributed by atoms with Crippen LogP contribution in [0.5, 0.6) is 0 Å². The first-order valence-corrected chi connectivity index (χ1v) is 29.1. The van der Waals surface area contributed by atoms with Gasteiger partial charge in [-0.3, -0.25) is 9.97 Å². The molecule has 0 radical (unpaired) electrons. The number of pyridine rings is 2. The molecule has 0 atom stereocenters. The van der Waals surface area contributed by atoms with E-state index >= 15 is 0 Å². The van der Waals surface area contributed by atoms with Crippen molar-refractivity contribution in [3.63, 3.8) is 0 Å². The van der Waals surface area contributed by atoms with Crippen molar-refractivity contribution in [2.24, 2.45) is 0 Å². The van der Waals surface area contributed by atoms with Crippen LogP contribution in [0.4, 0.5) is 68.2 Å². The highest BCUT2D eigenvalue weighted by Gasteiger charge is 2.37. The van der Waals surface area contributed by atoms with Crippen LogP contribution in [-0.2, 0) is 0 Å². The van der Waals surface area contributed by atoms with Gasteiger partial charge in [0, 0.05) is 80.6 Å². The monoisotopic (exact) mass is 1080 g/mol. The number of fused-ring (bicyclic) bond motifs is 12. The maximum atomic E-state index is 6.95. The van der Waals surface area contributed by atoms with Gasteiger partial charge in [-0.25, -0.2) is 0 Å². The van der Waals surface area contributed by atoms with E-state index in [0.29, 0.717) is 0 Å². The van der Waals surface area contributed by atoms with Gasteiger partial charge >= 0.3 is 0 Å². The summed E-state index contributed by atoms with van der Waals surface area (Å²) < 4.78 is 13.9. The second kappa shape index (κ2) is 17.4. The van der Waals surface area contributed by atoms with Crippen molar-refractivity contribution in [3.05, 3.63) is 242 Å². The van der Waals surface area contributed by atoms with Crippen LogP contribution in [0.25, 0.3) is 97.7 Å². The zero-order chi connectivity index (χ0) is 55.6. The van der Waals surface area contributed by atoms with E-state index in [9.17, 15) is 0 Å². The highest BCUT2D eigenvalue weighted by Crippen LogP contribution is 2.61. The summed E-state index contributed by atoms with van der Waals surface area (Å²) in [6, 6.07) is 75.9. The fourth-order valence-corrected chi connectivity index (χ4v) is 14.3. The van der Waals surface area contributed by atoms with Gasteiger partial charge in [-0.15, -0.1) is 0 Å². The molecule has 398 valence electrons. The van der Waals surface area contributed by atoms with Crippen LogP contribution in [0.3, 0.4) is 0 Å². The van der Waals surface area contributed by atoms with Crippen LogP contribution in [0.15, 0.2) is 240 Å². The lowest BCUT2D eigenvalue weighted by molar-refractivity contribution is 0.669. The van der Waals surface area contributed by atoms with Crippen molar-refractivity contribution in [3.8, 4) is 0 Å². The van der Waals surface area contributed by atoms with Gasteiger partial charge in [-0.1, -0.05) is 125 Å². The Hall–Kier alpha value is -10.7. The van der Waals surface area contributed by atoms with Crippen LogP contribution in [0.1, 0.15) is 50.7 Å². The molecule has 0 spiro atoms. The zero-order valence-electron chi connectivity index (χ0n) is 46.6. The Morgan fingerprint density at radius 3 is 1.00 bits per heavy atom. The van der Waals surface area contributed by atoms with E-state index in [2.05, 4.69) is 264 Å². The van der Waals surface area contributed by atoms with E-state index in [1.165, 1.54) is 54.2 Å². The molecule has 0 amide bonds. The highest BCUT2D eigenvalue weighted by molar-refractivity contribution is 6.31. The first-order valence-electron chi connectivity index (χ1n) is 29.1. The Kier molecular flexibility index (Phi) is 9.74. The van der Waals surface area contributed by atoms with Gasteiger partial charge < -0.3 is 28.4 Å². The van der Waals surface area contributed by atoms with Gasteiger partial charge in [-0.2, -0.15) is 0 Å². The minimum Gasteiger partial charge on any atom is -0.456 e. The lowest BCUT2D eigenvalue weighted by Gasteiger charge is -2.41. The molecule has 2 aliphatic rings. The summed E-state index contributed by atoms with van der Waals surface area (Å²) in [7, 11) is 0. The average molecular weight is 1080 g/mol. The highest BCUT2D eigenvalue weighted by atomic mass is 16.3. The molecule has 0 saturated carbocycles. The largest absolute Gasteiger partial charge is 0.456 e. The molecule has 6 heterocycles. The lowest BCUT2D eigenvalue weighted by Crippen LogP contribution is -2.24. The number of aromatic nitrogens is 2. The van der Waals surface area contributed by atoms with Gasteiger partial charge in [0.05, 0.1) is 56.9 Å². The molecule has 4 aromatic heterocycles. The van der Waals surface area contributed by atoms with Gasteiger partial charge in [0.1, 0.15) is 22.3 Å². The van der Waals surface area contributed by atoms with Crippen molar-refractivity contribution in [1.82, 2.24) is 9.97 Å². The van der Waals surface area contributed by atoms with Gasteiger partial charge in [-0.05, 0) is 163 Å². The molecule has 84 heavy (non-hydrogen) atoms. The smallest absolute Gasteiger partial charge is 0.137 e. The number of hydrogen-bond donors (Lipinski definition) is 0. The van der Waals surface area contributed by atoms with Crippen LogP contribution in [0.2, 0.25) is 0 Å². The third kappa shape index (κ3) is 6.59. The number of rotatable bonds is 6. The molecule has 16 aromatic rings. The standard InChI is InChI=1S/C76H52N6O2/c1-43(2)53-35-49-21-24-64(82-62-20-12-10-18-60(62)80(52-27-31-78-32-28-52)66-40-58-56-34-46-14-6-8-16-48(46)38-70(56)84-72(58)42-68(66)82)76-54(44(3)4)36-50-22-23-63(75(53)73(50)74(49)76)81-61-19-11-9-17-59(61)79(51-25-29-77-30-26-51)65-39-57-55-33-45-13-5-7-15-47(45)37-69(55)83-71(57)41-67(65)81/h5-44H,1-4H3. The van der Waals surface area contributed by atoms with E-state index in [4.69, 9.17) is 8.83 Å². The number of nitrogens with zero attached hydrogens (tertiary/aromatic N) is 6. The molecule has 12 aromatic carbocycles. The van der Waals surface area contributed by atoms with Crippen LogP contribution in [-0.4, -0.2) is 9.97 Å². The van der Waals surface area contributed by atoms with Crippen molar-refractivity contribution in [2.75, 3.05) is 19.6 Å². The average Bonchev–Trinajstić information content (AvgIpc) is 2.89. The van der Waals surface area contributed by atoms with Gasteiger partial charge in [0.2, 0.25) is 0 Å². The molecule has 0 N–H and O–H groups in total. The fraction of sp³-hybridized carbons (Fsp3) is 0.0789. The second-order valence-corrected chi connectivity index (χ2v) is 23.4. The molecule has 0 unspecified atom stereocenters. The minimum absolute atomic E-state index is 0.186. The van der Waals surface area contributed by atoms with Crippen LogP contribution in [0, 0.1) is 0 Å². The zero-order valence-corrected chi connectivity index (χ0v) is 46.6. The number of hydrogen-bond acceptors (Lipinski definition) is 8. The van der Waals surface area contributed by atoms with Crippen LogP contribution < -0.4 is 19.6 Å². The summed E-state index contributed by atoms with van der Waals surface area (Å²) in [6.45, 7) is 9.37. The number of benzene rings is 12. The van der Waals surface area contributed by atoms with Gasteiger partial charge in [0.15, 0.2) is 0 Å². The molecular weight excluding hydrogens is 1030 g/mol. The van der Waals surface area contributed by atoms with Gasteiger partial charge in [0.25, 0.3) is 0 Å². The summed E-state index contributed by atoms with van der Waals surface area (Å²) >= 11 is 0. The van der Waals surface area contributed by atoms with E-state index in [-0.39, 0.29) is 11.8 Å². The van der Waals surface area contributed by atoms with Crippen molar-refractivity contribution in [2.45, 2.75) is 39.5 Å². The number of para-hydroxylation sites is 4. The molecule has 0 fully saturated rings. The topological polar surface area (TPSA) is 65.0 Å². The molecule has 8 nitrogen and oxygen atoms in total. The van der Waals surface area contributed by atoms with Crippen molar-refractivity contribution in [1.29, 1.82) is 0 Å². The molecule has 0 aliphatic carbocycles. The molecule has 0 bridgehead atoms. The fourth-order valence-electron chi connectivity index (χ4n) is 14.3. The van der Waals surface area contributed by atoms with Crippen molar-refractivity contribution < 1.29 is 8.83 Å². The summed E-state index contributed by atoms with van der Waals surface area (Å²) in [4.78, 5) is 18.8. The normalized spacial score (nSPS) is 13.4.